The largest absolute Gasteiger partial charge is 0.368 e. The fourth-order valence-corrected chi connectivity index (χ4v) is 3.43. The van der Waals surface area contributed by atoms with Gasteiger partial charge in [0.15, 0.2) is 0 Å². The summed E-state index contributed by atoms with van der Waals surface area (Å²) in [7, 11) is 0. The predicted molar refractivity (Wildman–Crippen MR) is 86.7 cm³/mol. The van der Waals surface area contributed by atoms with E-state index in [1.54, 1.807) is 0 Å². The van der Waals surface area contributed by atoms with Gasteiger partial charge in [-0.2, -0.15) is 0 Å². The fourth-order valence-electron chi connectivity index (χ4n) is 2.92. The van der Waals surface area contributed by atoms with Gasteiger partial charge in [-0.3, -0.25) is 0 Å². The van der Waals surface area contributed by atoms with E-state index >= 15 is 0 Å². The third-order valence-electron chi connectivity index (χ3n) is 4.00. The molecule has 2 nitrogen and oxygen atoms in total. The van der Waals surface area contributed by atoms with Gasteiger partial charge in [0.1, 0.15) is 0 Å². The summed E-state index contributed by atoms with van der Waals surface area (Å²) >= 11 is 3.71. The van der Waals surface area contributed by atoms with Crippen LogP contribution in [0.2, 0.25) is 0 Å². The van der Waals surface area contributed by atoms with Crippen molar-refractivity contribution in [2.75, 3.05) is 18.0 Å². The molecule has 19 heavy (non-hydrogen) atoms. The van der Waals surface area contributed by atoms with E-state index in [0.717, 1.165) is 19.0 Å². The van der Waals surface area contributed by atoms with Gasteiger partial charge in [0, 0.05) is 29.3 Å². The summed E-state index contributed by atoms with van der Waals surface area (Å²) in [5, 5.41) is 3.38. The van der Waals surface area contributed by atoms with E-state index < -0.39 is 0 Å². The van der Waals surface area contributed by atoms with Crippen molar-refractivity contribution in [2.24, 2.45) is 5.92 Å². The minimum atomic E-state index is 0.700. The average Bonchev–Trinajstić information content (AvgIpc) is 2.86. The first-order valence-corrected chi connectivity index (χ1v) is 8.18. The number of hydrogen-bond donors (Lipinski definition) is 1. The molecular formula is C16H25BrN2. The van der Waals surface area contributed by atoms with Gasteiger partial charge in [-0.15, -0.1) is 0 Å². The number of rotatable bonds is 5. The second-order valence-electron chi connectivity index (χ2n) is 5.70. The monoisotopic (exact) mass is 324 g/mol. The lowest BCUT2D eigenvalue weighted by Crippen LogP contribution is -2.33. The molecule has 0 saturated carbocycles. The average molecular weight is 325 g/mol. The van der Waals surface area contributed by atoms with Crippen LogP contribution in [-0.4, -0.2) is 19.1 Å². The van der Waals surface area contributed by atoms with E-state index in [1.165, 1.54) is 35.1 Å². The maximum Gasteiger partial charge on any atom is 0.0380 e. The first kappa shape index (κ1) is 14.9. The maximum absolute atomic E-state index is 3.71. The van der Waals surface area contributed by atoms with Crippen molar-refractivity contribution in [3.63, 3.8) is 0 Å². The molecule has 1 N–H and O–H groups in total. The molecule has 1 aromatic rings. The molecule has 1 aliphatic rings. The van der Waals surface area contributed by atoms with Gasteiger partial charge in [0.2, 0.25) is 0 Å². The Morgan fingerprint density at radius 3 is 2.84 bits per heavy atom. The molecule has 0 aromatic heterocycles. The van der Waals surface area contributed by atoms with Crippen LogP contribution >= 0.6 is 15.9 Å². The minimum Gasteiger partial charge on any atom is -0.368 e. The molecule has 1 heterocycles. The highest BCUT2D eigenvalue weighted by molar-refractivity contribution is 9.10. The highest BCUT2D eigenvalue weighted by Crippen LogP contribution is 2.32. The summed E-state index contributed by atoms with van der Waals surface area (Å²) < 4.78 is 1.22. The van der Waals surface area contributed by atoms with Crippen molar-refractivity contribution in [3.8, 4) is 0 Å². The van der Waals surface area contributed by atoms with Crippen LogP contribution in [0.1, 0.15) is 39.2 Å². The highest BCUT2D eigenvalue weighted by atomic mass is 79.9. The van der Waals surface area contributed by atoms with E-state index in [2.05, 4.69) is 65.1 Å². The van der Waals surface area contributed by atoms with Crippen molar-refractivity contribution in [1.82, 2.24) is 5.32 Å². The first-order chi connectivity index (χ1) is 9.13. The quantitative estimate of drug-likeness (QED) is 0.873. The number of nitrogens with zero attached hydrogens (tertiary/aromatic N) is 1. The number of anilines is 1. The Kier molecular flexibility index (Phi) is 5.28. The van der Waals surface area contributed by atoms with Gasteiger partial charge < -0.3 is 10.2 Å². The Morgan fingerprint density at radius 2 is 2.21 bits per heavy atom. The molecule has 0 aliphatic carbocycles. The zero-order valence-electron chi connectivity index (χ0n) is 12.2. The summed E-state index contributed by atoms with van der Waals surface area (Å²) in [6.45, 7) is 9.94. The topological polar surface area (TPSA) is 15.3 Å². The molecular weight excluding hydrogens is 300 g/mol. The second-order valence-corrected chi connectivity index (χ2v) is 6.56. The number of hydrogen-bond acceptors (Lipinski definition) is 2. The standard InChI is InChI=1S/C16H25BrN2/c1-4-18-11-13-7-8-14(10-15(13)17)19-9-5-6-16(19)12(2)3/h7-8,10,12,16,18H,4-6,9,11H2,1-3H3. The van der Waals surface area contributed by atoms with Gasteiger partial charge in [0.05, 0.1) is 0 Å². The SMILES string of the molecule is CCNCc1ccc(N2CCCC2C(C)C)cc1Br. The third-order valence-corrected chi connectivity index (χ3v) is 4.74. The van der Waals surface area contributed by atoms with Crippen LogP contribution in [0.4, 0.5) is 5.69 Å². The van der Waals surface area contributed by atoms with Gasteiger partial charge >= 0.3 is 0 Å². The molecule has 1 unspecified atom stereocenters. The number of nitrogens with one attached hydrogen (secondary N) is 1. The molecule has 1 aliphatic heterocycles. The summed E-state index contributed by atoms with van der Waals surface area (Å²) in [6.07, 6.45) is 2.65. The molecule has 3 heteroatoms. The molecule has 0 spiro atoms. The first-order valence-electron chi connectivity index (χ1n) is 7.39. The molecule has 2 rings (SSSR count). The van der Waals surface area contributed by atoms with Crippen LogP contribution in [0.3, 0.4) is 0 Å². The smallest absolute Gasteiger partial charge is 0.0380 e. The Balaban J connectivity index is 2.15. The Morgan fingerprint density at radius 1 is 1.42 bits per heavy atom. The summed E-state index contributed by atoms with van der Waals surface area (Å²) in [6, 6.07) is 7.51. The lowest BCUT2D eigenvalue weighted by Gasteiger charge is -2.30. The maximum atomic E-state index is 3.71. The Hall–Kier alpha value is -0.540. The van der Waals surface area contributed by atoms with Crippen molar-refractivity contribution < 1.29 is 0 Å². The molecule has 106 valence electrons. The van der Waals surface area contributed by atoms with Crippen LogP contribution in [0, 0.1) is 5.92 Å². The van der Waals surface area contributed by atoms with Gasteiger partial charge in [0.25, 0.3) is 0 Å². The van der Waals surface area contributed by atoms with Crippen LogP contribution in [0.15, 0.2) is 22.7 Å². The van der Waals surface area contributed by atoms with Crippen LogP contribution in [0.5, 0.6) is 0 Å². The Labute approximate surface area is 125 Å². The zero-order chi connectivity index (χ0) is 13.8. The van der Waals surface area contributed by atoms with Crippen LogP contribution in [0.25, 0.3) is 0 Å². The minimum absolute atomic E-state index is 0.700. The van der Waals surface area contributed by atoms with E-state index in [-0.39, 0.29) is 0 Å². The molecule has 0 bridgehead atoms. The lowest BCUT2D eigenvalue weighted by atomic mass is 10.0. The van der Waals surface area contributed by atoms with E-state index in [9.17, 15) is 0 Å². The molecule has 1 aromatic carbocycles. The third kappa shape index (κ3) is 3.51. The van der Waals surface area contributed by atoms with E-state index in [0.29, 0.717) is 6.04 Å². The molecule has 0 radical (unpaired) electrons. The summed E-state index contributed by atoms with van der Waals surface area (Å²) in [5.41, 5.74) is 2.70. The van der Waals surface area contributed by atoms with Crippen molar-refractivity contribution in [1.29, 1.82) is 0 Å². The molecule has 1 fully saturated rings. The summed E-state index contributed by atoms with van der Waals surface area (Å²) in [5.74, 6) is 0.725. The Bertz CT molecular complexity index is 417. The van der Waals surface area contributed by atoms with Crippen molar-refractivity contribution in [3.05, 3.63) is 28.2 Å². The second kappa shape index (κ2) is 6.76. The van der Waals surface area contributed by atoms with Crippen LogP contribution in [-0.2, 0) is 6.54 Å². The lowest BCUT2D eigenvalue weighted by molar-refractivity contribution is 0.492. The van der Waals surface area contributed by atoms with Gasteiger partial charge in [-0.25, -0.2) is 0 Å². The number of halogens is 1. The zero-order valence-corrected chi connectivity index (χ0v) is 13.8. The highest BCUT2D eigenvalue weighted by Gasteiger charge is 2.27. The molecule has 1 atom stereocenters. The van der Waals surface area contributed by atoms with E-state index in [1.807, 2.05) is 0 Å². The van der Waals surface area contributed by atoms with Gasteiger partial charge in [-0.05, 0) is 43.0 Å². The summed E-state index contributed by atoms with van der Waals surface area (Å²) in [4.78, 5) is 2.58. The van der Waals surface area contributed by atoms with Gasteiger partial charge in [-0.1, -0.05) is 42.8 Å². The molecule has 1 saturated heterocycles. The van der Waals surface area contributed by atoms with Crippen molar-refractivity contribution in [2.45, 2.75) is 46.2 Å². The normalized spacial score (nSPS) is 19.4. The predicted octanol–water partition coefficient (Wildman–Crippen LogP) is 4.18. The van der Waals surface area contributed by atoms with Crippen molar-refractivity contribution >= 4 is 21.6 Å². The molecule has 0 amide bonds. The fraction of sp³-hybridized carbons (Fsp3) is 0.625. The number of benzene rings is 1. The van der Waals surface area contributed by atoms with Crippen LogP contribution < -0.4 is 10.2 Å². The van der Waals surface area contributed by atoms with E-state index in [4.69, 9.17) is 0 Å².